The van der Waals surface area contributed by atoms with Crippen LogP contribution in [0, 0.1) is 0 Å². The molecule has 11 heteroatoms. The zero-order valence-electron chi connectivity index (χ0n) is 52.8. The second-order valence-electron chi connectivity index (χ2n) is 22.8. The number of allylic oxidation sites excluding steroid dienone is 17. The van der Waals surface area contributed by atoms with Crippen molar-refractivity contribution in [3.63, 3.8) is 0 Å². The van der Waals surface area contributed by atoms with Crippen LogP contribution < -0.4 is 5.32 Å². The van der Waals surface area contributed by atoms with Crippen molar-refractivity contribution >= 4 is 11.9 Å². The predicted octanol–water partition coefficient (Wildman–Crippen LogP) is 16.8. The van der Waals surface area contributed by atoms with E-state index in [1.165, 1.54) is 89.9 Å². The number of amides is 1. The molecule has 1 aliphatic rings. The Kier molecular flexibility index (Phi) is 54.7. The van der Waals surface area contributed by atoms with Gasteiger partial charge in [0, 0.05) is 6.42 Å². The maximum Gasteiger partial charge on any atom is 0.306 e. The highest BCUT2D eigenvalue weighted by molar-refractivity contribution is 5.80. The Morgan fingerprint density at radius 3 is 1.33 bits per heavy atom. The van der Waals surface area contributed by atoms with Crippen molar-refractivity contribution in [1.82, 2.24) is 5.32 Å². The molecule has 0 aromatic heterocycles. The van der Waals surface area contributed by atoms with Gasteiger partial charge in [0.05, 0.1) is 25.4 Å². The van der Waals surface area contributed by atoms with Gasteiger partial charge in [-0.1, -0.05) is 265 Å². The van der Waals surface area contributed by atoms with E-state index < -0.39 is 67.4 Å². The van der Waals surface area contributed by atoms with Crippen LogP contribution in [-0.2, 0) is 23.8 Å². The van der Waals surface area contributed by atoms with Gasteiger partial charge in [-0.25, -0.2) is 0 Å². The second kappa shape index (κ2) is 58.7. The lowest BCUT2D eigenvalue weighted by atomic mass is 9.99. The van der Waals surface area contributed by atoms with Gasteiger partial charge in [0.1, 0.15) is 24.4 Å². The van der Waals surface area contributed by atoms with Crippen LogP contribution in [0.4, 0.5) is 0 Å². The van der Waals surface area contributed by atoms with Crippen LogP contribution in [0.1, 0.15) is 271 Å². The van der Waals surface area contributed by atoms with Crippen molar-refractivity contribution in [3.8, 4) is 0 Å². The zero-order valence-corrected chi connectivity index (χ0v) is 52.8. The van der Waals surface area contributed by atoms with Crippen molar-refractivity contribution in [2.75, 3.05) is 13.2 Å². The molecule has 0 aromatic carbocycles. The first-order valence-electron chi connectivity index (χ1n) is 33.7. The van der Waals surface area contributed by atoms with E-state index in [0.717, 1.165) is 135 Å². The van der Waals surface area contributed by atoms with E-state index in [4.69, 9.17) is 14.2 Å². The first-order valence-corrected chi connectivity index (χ1v) is 33.7. The molecule has 83 heavy (non-hydrogen) atoms. The van der Waals surface area contributed by atoms with Gasteiger partial charge in [0.2, 0.25) is 5.91 Å². The van der Waals surface area contributed by atoms with Crippen molar-refractivity contribution in [2.45, 2.75) is 320 Å². The number of carbonyl (C=O) groups excluding carboxylic acids is 2. The highest BCUT2D eigenvalue weighted by Crippen LogP contribution is 2.26. The summed E-state index contributed by atoms with van der Waals surface area (Å²) in [5, 5.41) is 57.1. The second-order valence-corrected chi connectivity index (χ2v) is 22.8. The highest BCUT2D eigenvalue weighted by atomic mass is 16.7. The van der Waals surface area contributed by atoms with E-state index in [2.05, 4.69) is 123 Å². The fraction of sp³-hybridized carbons (Fsp3) is 0.722. The summed E-state index contributed by atoms with van der Waals surface area (Å²) in [4.78, 5) is 26.6. The number of rotatable bonds is 56. The molecule has 6 N–H and O–H groups in total. The van der Waals surface area contributed by atoms with E-state index in [1.54, 1.807) is 6.08 Å². The molecule has 1 aliphatic heterocycles. The predicted molar refractivity (Wildman–Crippen MR) is 347 cm³/mol. The number of carbonyl (C=O) groups is 2. The molecule has 0 spiro atoms. The van der Waals surface area contributed by atoms with Crippen LogP contribution in [0.2, 0.25) is 0 Å². The molecule has 1 fully saturated rings. The molecule has 0 aliphatic carbocycles. The molecule has 0 saturated carbocycles. The summed E-state index contributed by atoms with van der Waals surface area (Å²) >= 11 is 0. The number of nitrogens with one attached hydrogen (secondary N) is 1. The Labute approximate surface area is 507 Å². The fourth-order valence-electron chi connectivity index (χ4n) is 9.86. The monoisotopic (exact) mass is 1160 g/mol. The topological polar surface area (TPSA) is 175 Å². The molecule has 1 amide bonds. The van der Waals surface area contributed by atoms with Gasteiger partial charge < -0.3 is 45.1 Å². The lowest BCUT2D eigenvalue weighted by molar-refractivity contribution is -0.305. The molecule has 0 radical (unpaired) electrons. The summed E-state index contributed by atoms with van der Waals surface area (Å²) in [6.07, 6.45) is 69.8. The van der Waals surface area contributed by atoms with Crippen LogP contribution in [0.5, 0.6) is 0 Å². The summed E-state index contributed by atoms with van der Waals surface area (Å²) in [5.41, 5.74) is 0. The summed E-state index contributed by atoms with van der Waals surface area (Å²) in [7, 11) is 0. The van der Waals surface area contributed by atoms with Crippen LogP contribution in [0.3, 0.4) is 0 Å². The van der Waals surface area contributed by atoms with Crippen molar-refractivity contribution < 1.29 is 49.3 Å². The van der Waals surface area contributed by atoms with Crippen LogP contribution in [-0.4, -0.2) is 99.6 Å². The minimum absolute atomic E-state index is 0.107. The fourth-order valence-corrected chi connectivity index (χ4v) is 9.86. The molecule has 1 heterocycles. The first kappa shape index (κ1) is 77.3. The van der Waals surface area contributed by atoms with Gasteiger partial charge in [-0.2, -0.15) is 0 Å². The third kappa shape index (κ3) is 46.2. The summed E-state index contributed by atoms with van der Waals surface area (Å²) < 4.78 is 17.6. The maximum atomic E-state index is 13.4. The van der Waals surface area contributed by atoms with E-state index in [0.29, 0.717) is 12.8 Å². The van der Waals surface area contributed by atoms with E-state index >= 15 is 0 Å². The number of ether oxygens (including phenoxy) is 3. The SMILES string of the molecule is CC/C=C\C/C=C\C/C=C\C/C=C\C/C=C\C/C=C\CCCCCCCCCCC(=O)OC1C(OCC(NC(=O)C(O)CCCCCCCC/C=C\C/C=C\CCCCC)C(O)/C=C/CCCCCCCCCCC)OC(CO)C(O)C1O. The highest BCUT2D eigenvalue weighted by Gasteiger charge is 2.47. The molecule has 0 aromatic rings. The van der Waals surface area contributed by atoms with E-state index in [-0.39, 0.29) is 19.4 Å². The lowest BCUT2D eigenvalue weighted by Gasteiger charge is -2.41. The number of hydrogen-bond acceptors (Lipinski definition) is 10. The maximum absolute atomic E-state index is 13.4. The molecule has 11 nitrogen and oxygen atoms in total. The Hall–Kier alpha value is -3.68. The zero-order chi connectivity index (χ0) is 60.3. The standard InChI is InChI=1S/C72H123NO10/c1-4-7-10-13-16-19-22-24-26-28-29-30-31-32-33-34-35-36-37-38-40-42-45-48-51-54-57-60-67(77)83-70-69(79)68(78)66(61-74)82-72(70)81-62-63(64(75)58-55-52-49-46-43-21-18-15-12-9-6-3)73-71(80)65(76)59-56-53-50-47-44-41-39-27-25-23-20-17-14-11-8-5-2/h7,10,16-17,19-20,24-27,29-30,32-33,35-36,55,58,63-66,68-70,72,74-76,78-79H,4-6,8-9,11-15,18,21-23,28,31,34,37-54,56-57,59-62H2,1-3H3,(H,73,80)/b10-7-,19-16-,20-17-,26-24-,27-25-,30-29-,33-32-,36-35-,58-55+. The normalized spacial score (nSPS) is 19.3. The summed E-state index contributed by atoms with van der Waals surface area (Å²) in [5.74, 6) is -1.22. The van der Waals surface area contributed by atoms with E-state index in [1.807, 2.05) is 6.08 Å². The Morgan fingerprint density at radius 1 is 0.482 bits per heavy atom. The van der Waals surface area contributed by atoms with Gasteiger partial charge >= 0.3 is 5.97 Å². The lowest BCUT2D eigenvalue weighted by Crippen LogP contribution is -2.61. The third-order valence-corrected chi connectivity index (χ3v) is 15.2. The molecule has 8 unspecified atom stereocenters. The Bertz CT molecular complexity index is 1770. The molecular weight excluding hydrogens is 1040 g/mol. The minimum atomic E-state index is -1.63. The van der Waals surface area contributed by atoms with Gasteiger partial charge in [-0.05, 0) is 109 Å². The van der Waals surface area contributed by atoms with Crippen LogP contribution >= 0.6 is 0 Å². The average Bonchev–Trinajstić information content (AvgIpc) is 3.68. The quantitative estimate of drug-likeness (QED) is 0.0195. The van der Waals surface area contributed by atoms with Gasteiger partial charge in [0.15, 0.2) is 12.4 Å². The molecule has 8 atom stereocenters. The number of hydrogen-bond donors (Lipinski definition) is 6. The van der Waals surface area contributed by atoms with Gasteiger partial charge in [0.25, 0.3) is 0 Å². The van der Waals surface area contributed by atoms with Gasteiger partial charge in [-0.3, -0.25) is 9.59 Å². The average molecular weight is 1160 g/mol. The Morgan fingerprint density at radius 2 is 0.867 bits per heavy atom. The summed E-state index contributed by atoms with van der Waals surface area (Å²) in [6.45, 7) is 5.64. The summed E-state index contributed by atoms with van der Waals surface area (Å²) in [6, 6.07) is -1.04. The minimum Gasteiger partial charge on any atom is -0.454 e. The number of aliphatic hydroxyl groups is 5. The number of unbranched alkanes of at least 4 members (excludes halogenated alkanes) is 26. The first-order chi connectivity index (χ1) is 40.7. The van der Waals surface area contributed by atoms with E-state index in [9.17, 15) is 35.1 Å². The Balaban J connectivity index is 2.58. The smallest absolute Gasteiger partial charge is 0.306 e. The van der Waals surface area contributed by atoms with Crippen molar-refractivity contribution in [3.05, 3.63) is 109 Å². The van der Waals surface area contributed by atoms with Crippen LogP contribution in [0.25, 0.3) is 0 Å². The largest absolute Gasteiger partial charge is 0.454 e. The van der Waals surface area contributed by atoms with Gasteiger partial charge in [-0.15, -0.1) is 0 Å². The van der Waals surface area contributed by atoms with Crippen molar-refractivity contribution in [2.24, 2.45) is 0 Å². The third-order valence-electron chi connectivity index (χ3n) is 15.2. The molecule has 1 saturated heterocycles. The van der Waals surface area contributed by atoms with Crippen molar-refractivity contribution in [1.29, 1.82) is 0 Å². The number of aliphatic hydroxyl groups excluding tert-OH is 5. The number of esters is 1. The molecule has 1 rings (SSSR count). The molecular formula is C72H123NO10. The molecule has 476 valence electrons. The molecule has 0 bridgehead atoms. The van der Waals surface area contributed by atoms with Crippen LogP contribution in [0.15, 0.2) is 109 Å².